The third-order valence-corrected chi connectivity index (χ3v) is 8.23. The number of fused-ring (bicyclic) bond motifs is 3. The van der Waals surface area contributed by atoms with Crippen molar-refractivity contribution in [3.63, 3.8) is 0 Å². The molecule has 1 aromatic heterocycles. The number of piperidine rings is 1. The highest BCUT2D eigenvalue weighted by atomic mass is 16.2. The summed E-state index contributed by atoms with van der Waals surface area (Å²) in [5.74, 6) is -0.0488. The van der Waals surface area contributed by atoms with E-state index >= 15 is 0 Å². The van der Waals surface area contributed by atoms with Gasteiger partial charge in [-0.3, -0.25) is 14.6 Å². The number of urea groups is 1. The van der Waals surface area contributed by atoms with Gasteiger partial charge in [-0.15, -0.1) is 0 Å². The number of nitrogens with zero attached hydrogens (tertiary/aromatic N) is 4. The van der Waals surface area contributed by atoms with Crippen molar-refractivity contribution in [2.24, 2.45) is 0 Å². The van der Waals surface area contributed by atoms with Gasteiger partial charge in [-0.1, -0.05) is 54.6 Å². The van der Waals surface area contributed by atoms with Gasteiger partial charge in [0.25, 0.3) is 5.91 Å². The van der Waals surface area contributed by atoms with Crippen LogP contribution in [0.3, 0.4) is 0 Å². The Morgan fingerprint density at radius 2 is 1.47 bits per heavy atom. The van der Waals surface area contributed by atoms with E-state index in [0.29, 0.717) is 19.4 Å². The number of hydrogen-bond acceptors (Lipinski definition) is 3. The molecule has 36 heavy (non-hydrogen) atoms. The summed E-state index contributed by atoms with van der Waals surface area (Å²) in [6, 6.07) is 25.0. The summed E-state index contributed by atoms with van der Waals surface area (Å²) in [7, 11) is 1.79. The van der Waals surface area contributed by atoms with Crippen LogP contribution >= 0.6 is 0 Å². The van der Waals surface area contributed by atoms with Gasteiger partial charge >= 0.3 is 6.03 Å². The lowest BCUT2D eigenvalue weighted by atomic mass is 9.86. The molecule has 0 saturated carbocycles. The highest BCUT2D eigenvalue weighted by Crippen LogP contribution is 2.37. The molecule has 0 atom stereocenters. The van der Waals surface area contributed by atoms with E-state index in [2.05, 4.69) is 58.9 Å². The normalized spacial score (nSPS) is 18.3. The molecule has 3 heterocycles. The molecule has 4 aromatic rings. The summed E-state index contributed by atoms with van der Waals surface area (Å²) < 4.78 is 2.37. The van der Waals surface area contributed by atoms with E-state index in [9.17, 15) is 9.59 Å². The summed E-state index contributed by atoms with van der Waals surface area (Å²) in [6.07, 6.45) is 1.33. The van der Waals surface area contributed by atoms with E-state index in [0.717, 1.165) is 31.7 Å². The molecule has 0 aliphatic carbocycles. The highest BCUT2D eigenvalue weighted by molar-refractivity contribution is 6.08. The molecule has 3 aromatic carbocycles. The van der Waals surface area contributed by atoms with Crippen LogP contribution in [0.25, 0.3) is 21.8 Å². The first-order valence-corrected chi connectivity index (χ1v) is 12.9. The molecular weight excluding hydrogens is 448 g/mol. The quantitative estimate of drug-likeness (QED) is 0.367. The molecule has 3 amide bonds. The van der Waals surface area contributed by atoms with Crippen molar-refractivity contribution in [1.82, 2.24) is 19.3 Å². The van der Waals surface area contributed by atoms with Gasteiger partial charge in [0.1, 0.15) is 5.54 Å². The van der Waals surface area contributed by atoms with Gasteiger partial charge in [-0.05, 0) is 49.1 Å². The van der Waals surface area contributed by atoms with Crippen molar-refractivity contribution < 1.29 is 9.59 Å². The summed E-state index contributed by atoms with van der Waals surface area (Å²) in [6.45, 7) is 5.89. The highest BCUT2D eigenvalue weighted by Gasteiger charge is 2.56. The number of benzene rings is 3. The Hall–Kier alpha value is -3.64. The van der Waals surface area contributed by atoms with Gasteiger partial charge in [0.2, 0.25) is 0 Å². The number of para-hydroxylation sites is 1. The van der Waals surface area contributed by atoms with E-state index in [1.165, 1.54) is 32.3 Å². The first kappa shape index (κ1) is 22.8. The van der Waals surface area contributed by atoms with E-state index in [1.54, 1.807) is 11.9 Å². The maximum Gasteiger partial charge on any atom is 0.327 e. The second-order valence-corrected chi connectivity index (χ2v) is 10.1. The molecule has 0 radical (unpaired) electrons. The Morgan fingerprint density at radius 3 is 2.22 bits per heavy atom. The fourth-order valence-electron chi connectivity index (χ4n) is 6.18. The predicted molar refractivity (Wildman–Crippen MR) is 143 cm³/mol. The molecule has 2 saturated heterocycles. The lowest BCUT2D eigenvalue weighted by Crippen LogP contribution is -2.55. The zero-order valence-corrected chi connectivity index (χ0v) is 21.0. The van der Waals surface area contributed by atoms with Crippen LogP contribution in [-0.2, 0) is 24.4 Å². The fraction of sp³-hybridized carbons (Fsp3) is 0.333. The van der Waals surface area contributed by atoms with Crippen molar-refractivity contribution >= 4 is 33.7 Å². The Bertz CT molecular complexity index is 1450. The summed E-state index contributed by atoms with van der Waals surface area (Å²) in [5, 5.41) is 2.59. The third kappa shape index (κ3) is 3.51. The van der Waals surface area contributed by atoms with Crippen molar-refractivity contribution in [1.29, 1.82) is 0 Å². The largest absolute Gasteiger partial charge is 0.341 e. The van der Waals surface area contributed by atoms with E-state index < -0.39 is 5.54 Å². The van der Waals surface area contributed by atoms with E-state index in [-0.39, 0.29) is 11.9 Å². The van der Waals surface area contributed by atoms with Crippen LogP contribution in [0.1, 0.15) is 30.9 Å². The first-order chi connectivity index (χ1) is 17.5. The SMILES string of the molecule is CCn1c2ccccc2c2cc(CN3CCC4(CC3)C(=O)N(Cc3ccccc3)C(=O)N4C)ccc21. The number of carbonyl (C=O) groups is 2. The zero-order valence-electron chi connectivity index (χ0n) is 21.0. The maximum absolute atomic E-state index is 13.5. The number of rotatable bonds is 5. The molecule has 2 aliphatic heterocycles. The monoisotopic (exact) mass is 480 g/mol. The minimum absolute atomic E-state index is 0.0488. The van der Waals surface area contributed by atoms with Gasteiger partial charge in [0.05, 0.1) is 6.54 Å². The molecule has 1 spiro atoms. The number of imide groups is 1. The molecule has 184 valence electrons. The van der Waals surface area contributed by atoms with Crippen LogP contribution in [0.5, 0.6) is 0 Å². The number of carbonyl (C=O) groups excluding carboxylic acids is 2. The number of amides is 3. The Labute approximate surface area is 211 Å². The van der Waals surface area contributed by atoms with Crippen molar-refractivity contribution in [3.05, 3.63) is 83.9 Å². The average Bonchev–Trinajstić information content (AvgIpc) is 3.32. The van der Waals surface area contributed by atoms with E-state index in [4.69, 9.17) is 0 Å². The summed E-state index contributed by atoms with van der Waals surface area (Å²) >= 11 is 0. The van der Waals surface area contributed by atoms with Crippen LogP contribution in [0.15, 0.2) is 72.8 Å². The minimum Gasteiger partial charge on any atom is -0.341 e. The number of likely N-dealkylation sites (N-methyl/N-ethyl adjacent to an activating group) is 1. The second kappa shape index (κ2) is 8.79. The van der Waals surface area contributed by atoms with Crippen molar-refractivity contribution in [2.75, 3.05) is 20.1 Å². The number of aryl methyl sites for hydroxylation is 1. The van der Waals surface area contributed by atoms with Gasteiger partial charge in [-0.2, -0.15) is 0 Å². The third-order valence-electron chi connectivity index (χ3n) is 8.23. The van der Waals surface area contributed by atoms with E-state index in [1.807, 2.05) is 30.3 Å². The fourth-order valence-corrected chi connectivity index (χ4v) is 6.18. The lowest BCUT2D eigenvalue weighted by molar-refractivity contribution is -0.135. The van der Waals surface area contributed by atoms with Crippen molar-refractivity contribution in [2.45, 2.75) is 44.9 Å². The Kier molecular flexibility index (Phi) is 5.56. The Balaban J connectivity index is 1.19. The zero-order chi connectivity index (χ0) is 24.9. The molecule has 2 aliphatic rings. The second-order valence-electron chi connectivity index (χ2n) is 10.1. The van der Waals surface area contributed by atoms with Gasteiger partial charge in [0.15, 0.2) is 0 Å². The first-order valence-electron chi connectivity index (χ1n) is 12.9. The molecule has 0 bridgehead atoms. The minimum atomic E-state index is -0.721. The number of aromatic nitrogens is 1. The van der Waals surface area contributed by atoms with Gasteiger partial charge in [-0.25, -0.2) is 4.79 Å². The summed E-state index contributed by atoms with van der Waals surface area (Å²) in [5.41, 5.74) is 4.09. The van der Waals surface area contributed by atoms with Crippen LogP contribution in [0, 0.1) is 0 Å². The molecule has 2 fully saturated rings. The van der Waals surface area contributed by atoms with Gasteiger partial charge in [0, 0.05) is 55.0 Å². The maximum atomic E-state index is 13.5. The molecule has 0 unspecified atom stereocenters. The van der Waals surface area contributed by atoms with Crippen LogP contribution in [-0.4, -0.2) is 56.9 Å². The van der Waals surface area contributed by atoms with Gasteiger partial charge < -0.3 is 9.47 Å². The van der Waals surface area contributed by atoms with Crippen LogP contribution in [0.2, 0.25) is 0 Å². The molecule has 6 rings (SSSR count). The molecule has 6 heteroatoms. The number of likely N-dealkylation sites (tertiary alicyclic amines) is 1. The number of hydrogen-bond donors (Lipinski definition) is 0. The molecule has 0 N–H and O–H groups in total. The Morgan fingerprint density at radius 1 is 0.778 bits per heavy atom. The smallest absolute Gasteiger partial charge is 0.327 e. The standard InChI is InChI=1S/C30H32N4O2/c1-3-33-26-12-8-7-11-24(26)25-19-23(13-14-27(25)33)20-32-17-15-30(16-18-32)28(35)34(29(36)31(30)2)21-22-9-5-4-6-10-22/h4-14,19H,3,15-18,20-21H2,1-2H3. The van der Waals surface area contributed by atoms with Crippen LogP contribution in [0.4, 0.5) is 4.79 Å². The molecular formula is C30H32N4O2. The summed E-state index contributed by atoms with van der Waals surface area (Å²) in [4.78, 5) is 32.1. The predicted octanol–water partition coefficient (Wildman–Crippen LogP) is 5.24. The van der Waals surface area contributed by atoms with Crippen LogP contribution < -0.4 is 0 Å². The molecule has 6 nitrogen and oxygen atoms in total. The average molecular weight is 481 g/mol. The lowest BCUT2D eigenvalue weighted by Gasteiger charge is -2.40. The van der Waals surface area contributed by atoms with Crippen molar-refractivity contribution in [3.8, 4) is 0 Å². The topological polar surface area (TPSA) is 48.8 Å².